The number of fused-ring (bicyclic) bond motifs is 1. The van der Waals surface area contributed by atoms with Gasteiger partial charge >= 0.3 is 0 Å². The van der Waals surface area contributed by atoms with E-state index in [0.29, 0.717) is 17.1 Å². The Bertz CT molecular complexity index is 721. The van der Waals surface area contributed by atoms with Crippen LogP contribution in [0.4, 0.5) is 5.82 Å². The van der Waals surface area contributed by atoms with Gasteiger partial charge in [-0.2, -0.15) is 5.10 Å². The molecule has 6 nitrogen and oxygen atoms in total. The van der Waals surface area contributed by atoms with Crippen molar-refractivity contribution in [3.63, 3.8) is 0 Å². The topological polar surface area (TPSA) is 58.4 Å². The first-order chi connectivity index (χ1) is 10.0. The number of nitrogens with zero attached hydrogens (tertiary/aromatic N) is 4. The number of hydrogen-bond donors (Lipinski definition) is 0. The number of aromatic nitrogens is 2. The molecule has 0 spiro atoms. The second kappa shape index (κ2) is 4.73. The highest BCUT2D eigenvalue weighted by molar-refractivity contribution is 6.09. The Hall–Kier alpha value is -2.63. The van der Waals surface area contributed by atoms with Crippen molar-refractivity contribution < 1.29 is 9.59 Å². The zero-order valence-electron chi connectivity index (χ0n) is 12.2. The molecule has 6 heteroatoms. The molecular formula is C15H16N4O2. The quantitative estimate of drug-likeness (QED) is 0.791. The van der Waals surface area contributed by atoms with Gasteiger partial charge in [-0.05, 0) is 19.1 Å². The summed E-state index contributed by atoms with van der Waals surface area (Å²) >= 11 is 0. The standard InChI is InChI=1S/C15H16N4O2/c1-10-13-14(18(3)12(20)9-17(2)15(13)21)19(16-10)11-7-5-4-6-8-11/h4-8H,9H2,1-3H3. The molecule has 0 aliphatic carbocycles. The van der Waals surface area contributed by atoms with E-state index < -0.39 is 0 Å². The van der Waals surface area contributed by atoms with Gasteiger partial charge in [0.05, 0.1) is 11.4 Å². The third-order valence-corrected chi connectivity index (χ3v) is 3.66. The summed E-state index contributed by atoms with van der Waals surface area (Å²) in [4.78, 5) is 27.6. The summed E-state index contributed by atoms with van der Waals surface area (Å²) in [6.07, 6.45) is 0. The zero-order chi connectivity index (χ0) is 15.1. The molecule has 21 heavy (non-hydrogen) atoms. The first kappa shape index (κ1) is 13.4. The third kappa shape index (κ3) is 1.99. The molecule has 108 valence electrons. The highest BCUT2D eigenvalue weighted by Gasteiger charge is 2.33. The van der Waals surface area contributed by atoms with Gasteiger partial charge in [0, 0.05) is 14.1 Å². The van der Waals surface area contributed by atoms with Gasteiger partial charge in [-0.1, -0.05) is 18.2 Å². The Morgan fingerprint density at radius 1 is 1.10 bits per heavy atom. The number of para-hydroxylation sites is 1. The van der Waals surface area contributed by atoms with Gasteiger partial charge in [-0.3, -0.25) is 14.5 Å². The van der Waals surface area contributed by atoms with Crippen LogP contribution in [0, 0.1) is 6.92 Å². The average Bonchev–Trinajstić information content (AvgIpc) is 2.79. The van der Waals surface area contributed by atoms with Crippen LogP contribution in [0.25, 0.3) is 5.69 Å². The van der Waals surface area contributed by atoms with Crippen molar-refractivity contribution >= 4 is 17.6 Å². The lowest BCUT2D eigenvalue weighted by Gasteiger charge is -2.17. The Kier molecular flexibility index (Phi) is 3.01. The molecule has 1 aliphatic rings. The molecule has 3 rings (SSSR count). The highest BCUT2D eigenvalue weighted by atomic mass is 16.2. The van der Waals surface area contributed by atoms with Crippen LogP contribution >= 0.6 is 0 Å². The fourth-order valence-corrected chi connectivity index (χ4v) is 2.51. The highest BCUT2D eigenvalue weighted by Crippen LogP contribution is 2.29. The summed E-state index contributed by atoms with van der Waals surface area (Å²) in [6, 6.07) is 9.48. The molecule has 0 atom stereocenters. The van der Waals surface area contributed by atoms with E-state index >= 15 is 0 Å². The van der Waals surface area contributed by atoms with Crippen LogP contribution in [-0.2, 0) is 4.79 Å². The number of hydrogen-bond acceptors (Lipinski definition) is 3. The molecule has 0 N–H and O–H groups in total. The summed E-state index contributed by atoms with van der Waals surface area (Å²) in [6.45, 7) is 1.85. The second-order valence-corrected chi connectivity index (χ2v) is 5.15. The summed E-state index contributed by atoms with van der Waals surface area (Å²) in [5.74, 6) is 0.210. The van der Waals surface area contributed by atoms with Crippen molar-refractivity contribution in [2.75, 3.05) is 25.5 Å². The zero-order valence-corrected chi connectivity index (χ0v) is 12.2. The van der Waals surface area contributed by atoms with Gasteiger partial charge in [-0.15, -0.1) is 0 Å². The van der Waals surface area contributed by atoms with Crippen molar-refractivity contribution in [2.24, 2.45) is 0 Å². The normalized spacial score (nSPS) is 15.2. The Morgan fingerprint density at radius 2 is 1.76 bits per heavy atom. The molecule has 0 saturated carbocycles. The second-order valence-electron chi connectivity index (χ2n) is 5.15. The molecule has 2 aromatic rings. The van der Waals surface area contributed by atoms with Gasteiger partial charge < -0.3 is 4.90 Å². The molecule has 0 bridgehead atoms. The van der Waals surface area contributed by atoms with Crippen LogP contribution in [-0.4, -0.2) is 47.1 Å². The monoisotopic (exact) mass is 284 g/mol. The average molecular weight is 284 g/mol. The van der Waals surface area contributed by atoms with Crippen molar-refractivity contribution in [3.05, 3.63) is 41.6 Å². The maximum absolute atomic E-state index is 12.5. The van der Waals surface area contributed by atoms with E-state index in [2.05, 4.69) is 5.10 Å². The Labute approximate surface area is 122 Å². The minimum absolute atomic E-state index is 0.0677. The lowest BCUT2D eigenvalue weighted by atomic mass is 10.2. The van der Waals surface area contributed by atoms with E-state index in [1.807, 2.05) is 30.3 Å². The minimum Gasteiger partial charge on any atom is -0.332 e. The number of benzene rings is 1. The van der Waals surface area contributed by atoms with E-state index in [9.17, 15) is 9.59 Å². The lowest BCUT2D eigenvalue weighted by molar-refractivity contribution is -0.118. The van der Waals surface area contributed by atoms with Crippen molar-refractivity contribution in [1.29, 1.82) is 0 Å². The van der Waals surface area contributed by atoms with Crippen molar-refractivity contribution in [1.82, 2.24) is 14.7 Å². The maximum Gasteiger partial charge on any atom is 0.259 e. The van der Waals surface area contributed by atoms with Crippen LogP contribution in [0.3, 0.4) is 0 Å². The third-order valence-electron chi connectivity index (χ3n) is 3.66. The molecule has 1 aromatic carbocycles. The summed E-state index contributed by atoms with van der Waals surface area (Å²) < 4.78 is 1.65. The Morgan fingerprint density at radius 3 is 2.43 bits per heavy atom. The molecule has 1 aliphatic heterocycles. The lowest BCUT2D eigenvalue weighted by Crippen LogP contribution is -2.36. The molecule has 0 unspecified atom stereocenters. The van der Waals surface area contributed by atoms with E-state index in [4.69, 9.17) is 0 Å². The van der Waals surface area contributed by atoms with E-state index in [0.717, 1.165) is 5.69 Å². The van der Waals surface area contributed by atoms with Crippen LogP contribution in [0.15, 0.2) is 30.3 Å². The molecule has 2 amide bonds. The van der Waals surface area contributed by atoms with Crippen molar-refractivity contribution in [2.45, 2.75) is 6.92 Å². The summed E-state index contributed by atoms with van der Waals surface area (Å²) in [5.41, 5.74) is 1.92. The van der Waals surface area contributed by atoms with Gasteiger partial charge in [0.25, 0.3) is 5.91 Å². The molecule has 0 radical (unpaired) electrons. The fraction of sp³-hybridized carbons (Fsp3) is 0.267. The summed E-state index contributed by atoms with van der Waals surface area (Å²) in [7, 11) is 3.30. The van der Waals surface area contributed by atoms with E-state index in [-0.39, 0.29) is 18.4 Å². The van der Waals surface area contributed by atoms with Crippen LogP contribution in [0.1, 0.15) is 16.1 Å². The molecule has 1 aromatic heterocycles. The van der Waals surface area contributed by atoms with Gasteiger partial charge in [0.2, 0.25) is 5.91 Å². The molecule has 0 saturated heterocycles. The number of amides is 2. The molecular weight excluding hydrogens is 268 g/mol. The van der Waals surface area contributed by atoms with Crippen molar-refractivity contribution in [3.8, 4) is 5.69 Å². The first-order valence-corrected chi connectivity index (χ1v) is 6.67. The van der Waals surface area contributed by atoms with E-state index in [1.54, 1.807) is 25.7 Å². The Balaban J connectivity index is 2.28. The number of carbonyl (C=O) groups is 2. The smallest absolute Gasteiger partial charge is 0.259 e. The number of carbonyl (C=O) groups excluding carboxylic acids is 2. The van der Waals surface area contributed by atoms with Gasteiger partial charge in [0.15, 0.2) is 5.82 Å². The minimum atomic E-state index is -0.178. The van der Waals surface area contributed by atoms with Crippen LogP contribution < -0.4 is 4.90 Å². The van der Waals surface area contributed by atoms with E-state index in [1.165, 1.54) is 9.80 Å². The fourth-order valence-electron chi connectivity index (χ4n) is 2.51. The number of likely N-dealkylation sites (N-methyl/N-ethyl adjacent to an activating group) is 2. The van der Waals surface area contributed by atoms with Gasteiger partial charge in [-0.25, -0.2) is 4.68 Å². The van der Waals surface area contributed by atoms with Gasteiger partial charge in [0.1, 0.15) is 12.1 Å². The first-order valence-electron chi connectivity index (χ1n) is 6.67. The predicted octanol–water partition coefficient (Wildman–Crippen LogP) is 1.23. The van der Waals surface area contributed by atoms with Crippen LogP contribution in [0.5, 0.6) is 0 Å². The predicted molar refractivity (Wildman–Crippen MR) is 78.7 cm³/mol. The SMILES string of the molecule is Cc1nn(-c2ccccc2)c2c1C(=O)N(C)CC(=O)N2C. The molecule has 2 heterocycles. The van der Waals surface area contributed by atoms with Crippen LogP contribution in [0.2, 0.25) is 0 Å². The maximum atomic E-state index is 12.5. The largest absolute Gasteiger partial charge is 0.332 e. The summed E-state index contributed by atoms with van der Waals surface area (Å²) in [5, 5.41) is 4.45. The number of rotatable bonds is 1. The molecule has 0 fully saturated rings. The number of aryl methyl sites for hydroxylation is 1. The number of anilines is 1.